The highest BCUT2D eigenvalue weighted by atomic mass is 32.2. The lowest BCUT2D eigenvalue weighted by Gasteiger charge is -2.34. The topological polar surface area (TPSA) is 125 Å². The number of Topliss-reactive ketones (excluding diaryl/α,β-unsaturated/α-hetero) is 1. The van der Waals surface area contributed by atoms with Gasteiger partial charge in [0.05, 0.1) is 21.5 Å². The average molecular weight is 623 g/mol. The quantitative estimate of drug-likeness (QED) is 0.279. The second-order valence-corrected chi connectivity index (χ2v) is 16.5. The first kappa shape index (κ1) is 36.8. The molecule has 1 heterocycles. The summed E-state index contributed by atoms with van der Waals surface area (Å²) in [5.41, 5.74) is -2.93. The van der Waals surface area contributed by atoms with Gasteiger partial charge in [-0.25, -0.2) is 0 Å². The van der Waals surface area contributed by atoms with Crippen molar-refractivity contribution in [1.82, 2.24) is 0 Å². The fraction of sp³-hybridized carbons (Fsp3) is 0.697. The lowest BCUT2D eigenvalue weighted by atomic mass is 9.83. The van der Waals surface area contributed by atoms with E-state index in [1.807, 2.05) is 30.3 Å². The minimum absolute atomic E-state index is 0.179. The summed E-state index contributed by atoms with van der Waals surface area (Å²) >= 11 is 1.35. The summed E-state index contributed by atoms with van der Waals surface area (Å²) in [5.74, 6) is -4.76. The minimum atomic E-state index is -2.65. The molecule has 2 rings (SSSR count). The SMILES string of the molecule is CC(C)(C)C(=O)OC[C@@H](SCc1ccccc1)[C@@H]1O[C@@](O)(C(=O)C(C)(C)C)[C@H](OC(=O)C(C)(C)C)[C@H]1OC(=O)C(C)(C)C. The number of carbonyl (C=O) groups is 4. The number of esters is 3. The van der Waals surface area contributed by atoms with Gasteiger partial charge >= 0.3 is 17.9 Å². The summed E-state index contributed by atoms with van der Waals surface area (Å²) in [6, 6.07) is 9.56. The van der Waals surface area contributed by atoms with Crippen LogP contribution in [0.3, 0.4) is 0 Å². The lowest BCUT2D eigenvalue weighted by molar-refractivity contribution is -0.236. The molecule has 1 aromatic rings. The Morgan fingerprint density at radius 3 is 1.74 bits per heavy atom. The molecule has 43 heavy (non-hydrogen) atoms. The molecule has 0 amide bonds. The van der Waals surface area contributed by atoms with Gasteiger partial charge in [0.2, 0.25) is 11.9 Å². The Morgan fingerprint density at radius 2 is 1.28 bits per heavy atom. The molecular weight excluding hydrogens is 572 g/mol. The average Bonchev–Trinajstić information content (AvgIpc) is 3.13. The van der Waals surface area contributed by atoms with E-state index in [0.29, 0.717) is 5.75 Å². The molecule has 5 atom stereocenters. The van der Waals surface area contributed by atoms with E-state index in [9.17, 15) is 24.3 Å². The van der Waals surface area contributed by atoms with Crippen LogP contribution in [0.5, 0.6) is 0 Å². The zero-order valence-electron chi connectivity index (χ0n) is 27.7. The molecule has 0 aliphatic carbocycles. The van der Waals surface area contributed by atoms with Crippen molar-refractivity contribution in [1.29, 1.82) is 0 Å². The number of benzene rings is 1. The highest BCUT2D eigenvalue weighted by Gasteiger charge is 2.66. The number of rotatable bonds is 9. The zero-order chi connectivity index (χ0) is 33.2. The third kappa shape index (κ3) is 9.53. The molecule has 0 bridgehead atoms. The number of ether oxygens (including phenoxy) is 4. The van der Waals surface area contributed by atoms with Crippen molar-refractivity contribution in [3.8, 4) is 0 Å². The first-order chi connectivity index (χ1) is 19.4. The molecular formula is C33H50O9S. The Kier molecular flexibility index (Phi) is 11.4. The van der Waals surface area contributed by atoms with Crippen molar-refractivity contribution >= 4 is 35.5 Å². The third-order valence-corrected chi connectivity index (χ3v) is 8.03. The van der Waals surface area contributed by atoms with Crippen LogP contribution in [0.1, 0.15) is 88.6 Å². The molecule has 1 N–H and O–H groups in total. The lowest BCUT2D eigenvalue weighted by Crippen LogP contribution is -2.57. The predicted octanol–water partition coefficient (Wildman–Crippen LogP) is 5.50. The van der Waals surface area contributed by atoms with Crippen LogP contribution in [0.4, 0.5) is 0 Å². The third-order valence-electron chi connectivity index (χ3n) is 6.70. The van der Waals surface area contributed by atoms with Crippen molar-refractivity contribution in [2.75, 3.05) is 6.61 Å². The highest BCUT2D eigenvalue weighted by Crippen LogP contribution is 2.44. The number of ketones is 1. The van der Waals surface area contributed by atoms with Crippen LogP contribution < -0.4 is 0 Å². The van der Waals surface area contributed by atoms with Crippen molar-refractivity contribution in [2.24, 2.45) is 21.7 Å². The van der Waals surface area contributed by atoms with E-state index in [1.165, 1.54) is 11.8 Å². The highest BCUT2D eigenvalue weighted by molar-refractivity contribution is 7.99. The van der Waals surface area contributed by atoms with E-state index in [4.69, 9.17) is 18.9 Å². The molecule has 0 unspecified atom stereocenters. The first-order valence-electron chi connectivity index (χ1n) is 14.6. The minimum Gasteiger partial charge on any atom is -0.464 e. The molecule has 1 aromatic carbocycles. The van der Waals surface area contributed by atoms with Gasteiger partial charge < -0.3 is 24.1 Å². The summed E-state index contributed by atoms with van der Waals surface area (Å²) in [6.07, 6.45) is -4.27. The second kappa shape index (κ2) is 13.3. The van der Waals surface area contributed by atoms with Gasteiger partial charge in [0.15, 0.2) is 6.10 Å². The van der Waals surface area contributed by atoms with Gasteiger partial charge in [-0.1, -0.05) is 51.1 Å². The number of aliphatic hydroxyl groups is 1. The Balaban J connectivity index is 2.69. The van der Waals surface area contributed by atoms with E-state index >= 15 is 0 Å². The van der Waals surface area contributed by atoms with E-state index in [2.05, 4.69) is 0 Å². The zero-order valence-corrected chi connectivity index (χ0v) is 28.5. The monoisotopic (exact) mass is 622 g/mol. The summed E-state index contributed by atoms with van der Waals surface area (Å²) in [5, 5.41) is 11.3. The maximum Gasteiger partial charge on any atom is 0.311 e. The van der Waals surface area contributed by atoms with Crippen LogP contribution in [0, 0.1) is 21.7 Å². The molecule has 0 saturated carbocycles. The van der Waals surface area contributed by atoms with Crippen molar-refractivity contribution < 1.29 is 43.2 Å². The normalized spacial score (nSPS) is 23.8. The van der Waals surface area contributed by atoms with E-state index in [0.717, 1.165) is 5.56 Å². The standard InChI is InChI=1S/C33H50O9S/c1-29(2,3)25(34)33(38)24(41-28(37)32(10,11)12)23(40-27(36)31(7,8)9)22(42-33)21(18-39-26(35)30(4,5)6)43-19-20-16-14-13-15-17-20/h13-17,21-24,38H,18-19H2,1-12H3/t21-,22+,23+,24-,33-/m1/s1. The predicted molar refractivity (Wildman–Crippen MR) is 165 cm³/mol. The van der Waals surface area contributed by atoms with Crippen LogP contribution in [0.2, 0.25) is 0 Å². The van der Waals surface area contributed by atoms with Crippen molar-refractivity contribution in [2.45, 2.75) is 118 Å². The van der Waals surface area contributed by atoms with Gasteiger partial charge in [-0.3, -0.25) is 19.2 Å². The van der Waals surface area contributed by atoms with Gasteiger partial charge in [0.1, 0.15) is 12.7 Å². The van der Waals surface area contributed by atoms with Gasteiger partial charge in [-0.15, -0.1) is 11.8 Å². The molecule has 1 saturated heterocycles. The molecule has 242 valence electrons. The summed E-state index contributed by atoms with van der Waals surface area (Å²) < 4.78 is 23.7. The van der Waals surface area contributed by atoms with Crippen molar-refractivity contribution in [3.63, 3.8) is 0 Å². The van der Waals surface area contributed by atoms with Crippen LogP contribution in [0.15, 0.2) is 30.3 Å². The smallest absolute Gasteiger partial charge is 0.311 e. The number of carbonyl (C=O) groups excluding carboxylic acids is 4. The largest absolute Gasteiger partial charge is 0.464 e. The number of thioether (sulfide) groups is 1. The Morgan fingerprint density at radius 1 is 0.791 bits per heavy atom. The van der Waals surface area contributed by atoms with Crippen LogP contribution in [-0.4, -0.2) is 64.8 Å². The van der Waals surface area contributed by atoms with Crippen LogP contribution in [0.25, 0.3) is 0 Å². The van der Waals surface area contributed by atoms with Gasteiger partial charge in [0, 0.05) is 11.2 Å². The Hall–Kier alpha value is -2.43. The molecule has 1 aliphatic heterocycles. The maximum atomic E-state index is 13.8. The van der Waals surface area contributed by atoms with E-state index in [1.54, 1.807) is 83.1 Å². The Bertz CT molecular complexity index is 1150. The summed E-state index contributed by atoms with van der Waals surface area (Å²) in [6.45, 7) is 19.7. The first-order valence-corrected chi connectivity index (χ1v) is 15.6. The van der Waals surface area contributed by atoms with E-state index < -0.39 is 74.7 Å². The van der Waals surface area contributed by atoms with Gasteiger partial charge in [-0.05, 0) is 67.9 Å². The maximum absolute atomic E-state index is 13.8. The summed E-state index contributed by atoms with van der Waals surface area (Å²) in [7, 11) is 0. The number of hydrogen-bond acceptors (Lipinski definition) is 10. The molecule has 0 radical (unpaired) electrons. The summed E-state index contributed by atoms with van der Waals surface area (Å²) in [4.78, 5) is 53.1. The number of hydrogen-bond donors (Lipinski definition) is 1. The van der Waals surface area contributed by atoms with Crippen LogP contribution >= 0.6 is 11.8 Å². The molecule has 1 aliphatic rings. The molecule has 0 spiro atoms. The fourth-order valence-corrected chi connectivity index (χ4v) is 5.17. The Labute approximate surface area is 260 Å². The van der Waals surface area contributed by atoms with Crippen LogP contribution in [-0.2, 0) is 43.9 Å². The second-order valence-electron chi connectivity index (χ2n) is 15.2. The van der Waals surface area contributed by atoms with Crippen molar-refractivity contribution in [3.05, 3.63) is 35.9 Å². The molecule has 0 aromatic heterocycles. The fourth-order valence-electron chi connectivity index (χ4n) is 4.00. The molecule has 1 fully saturated rings. The van der Waals surface area contributed by atoms with Gasteiger partial charge in [-0.2, -0.15) is 0 Å². The molecule has 9 nitrogen and oxygen atoms in total. The molecule has 10 heteroatoms. The van der Waals surface area contributed by atoms with Gasteiger partial charge in [0.25, 0.3) is 5.79 Å². The van der Waals surface area contributed by atoms with E-state index in [-0.39, 0.29) is 6.61 Å².